The summed E-state index contributed by atoms with van der Waals surface area (Å²) >= 11 is 5.71. The van der Waals surface area contributed by atoms with Crippen LogP contribution in [0, 0.1) is 11.2 Å². The molecule has 92 valence electrons. The third kappa shape index (κ3) is 3.24. The lowest BCUT2D eigenvalue weighted by atomic mass is 9.83. The molecule has 0 unspecified atom stereocenters. The summed E-state index contributed by atoms with van der Waals surface area (Å²) in [4.78, 5) is 0. The van der Waals surface area contributed by atoms with Crippen LogP contribution in [0.15, 0.2) is 12.1 Å². The van der Waals surface area contributed by atoms with Gasteiger partial charge in [0.15, 0.2) is 11.6 Å². The number of rotatable bonds is 1. The molecule has 2 nitrogen and oxygen atoms in total. The molecule has 0 saturated carbocycles. The van der Waals surface area contributed by atoms with Crippen LogP contribution in [0.2, 0.25) is 5.02 Å². The van der Waals surface area contributed by atoms with Crippen molar-refractivity contribution in [1.82, 2.24) is 0 Å². The van der Waals surface area contributed by atoms with Crippen LogP contribution in [-0.2, 0) is 0 Å². The molecule has 0 amide bonds. The number of halogens is 3. The molecule has 0 heterocycles. The highest BCUT2D eigenvalue weighted by atomic mass is 35.5. The number of phenolic OH excluding ortho intramolecular Hbond substituents is 1. The number of nitrogens with two attached hydrogens (primary N) is 1. The first kappa shape index (κ1) is 15.5. The average Bonchev–Trinajstić information content (AvgIpc) is 2.08. The summed E-state index contributed by atoms with van der Waals surface area (Å²) in [6.45, 7) is 5.74. The first-order valence-corrected chi connectivity index (χ1v) is 5.04. The zero-order valence-electron chi connectivity index (χ0n) is 9.42. The lowest BCUT2D eigenvalue weighted by Crippen LogP contribution is -2.26. The minimum Gasteiger partial charge on any atom is -0.505 e. The molecular weight excluding hydrogens is 252 g/mol. The van der Waals surface area contributed by atoms with Crippen LogP contribution >= 0.6 is 24.0 Å². The van der Waals surface area contributed by atoms with Crippen LogP contribution in [0.1, 0.15) is 32.4 Å². The molecule has 0 bridgehead atoms. The molecule has 5 heteroatoms. The molecule has 0 aromatic heterocycles. The van der Waals surface area contributed by atoms with Crippen LogP contribution in [0.5, 0.6) is 5.75 Å². The van der Waals surface area contributed by atoms with Crippen molar-refractivity contribution in [2.75, 3.05) is 0 Å². The fraction of sp³-hybridized carbons (Fsp3) is 0.455. The first-order chi connectivity index (χ1) is 6.73. The smallest absolute Gasteiger partial charge is 0.166 e. The van der Waals surface area contributed by atoms with Crippen molar-refractivity contribution in [3.63, 3.8) is 0 Å². The van der Waals surface area contributed by atoms with Gasteiger partial charge in [-0.05, 0) is 17.5 Å². The van der Waals surface area contributed by atoms with E-state index in [-0.39, 0.29) is 22.8 Å². The van der Waals surface area contributed by atoms with Gasteiger partial charge in [0.25, 0.3) is 0 Å². The highest BCUT2D eigenvalue weighted by Crippen LogP contribution is 2.37. The summed E-state index contributed by atoms with van der Waals surface area (Å²) in [5.41, 5.74) is 6.00. The second-order valence-electron chi connectivity index (χ2n) is 4.67. The summed E-state index contributed by atoms with van der Waals surface area (Å²) in [5, 5.41) is 9.78. The Morgan fingerprint density at radius 1 is 1.38 bits per heavy atom. The normalized spacial score (nSPS) is 13.1. The number of phenols is 1. The van der Waals surface area contributed by atoms with E-state index in [1.807, 2.05) is 20.8 Å². The van der Waals surface area contributed by atoms with Gasteiger partial charge in [0, 0.05) is 16.6 Å². The van der Waals surface area contributed by atoms with Gasteiger partial charge in [-0.1, -0.05) is 32.4 Å². The molecule has 1 atom stereocenters. The molecule has 1 aromatic rings. The zero-order valence-corrected chi connectivity index (χ0v) is 11.0. The largest absolute Gasteiger partial charge is 0.505 e. The monoisotopic (exact) mass is 267 g/mol. The van der Waals surface area contributed by atoms with E-state index >= 15 is 0 Å². The second-order valence-corrected chi connectivity index (χ2v) is 5.11. The van der Waals surface area contributed by atoms with Gasteiger partial charge >= 0.3 is 0 Å². The van der Waals surface area contributed by atoms with Gasteiger partial charge in [0.05, 0.1) is 0 Å². The van der Waals surface area contributed by atoms with E-state index in [0.717, 1.165) is 6.07 Å². The maximum atomic E-state index is 13.2. The molecule has 0 radical (unpaired) electrons. The molecule has 0 saturated heterocycles. The van der Waals surface area contributed by atoms with E-state index < -0.39 is 17.6 Å². The van der Waals surface area contributed by atoms with Gasteiger partial charge in [-0.3, -0.25) is 0 Å². The maximum Gasteiger partial charge on any atom is 0.166 e. The fourth-order valence-electron chi connectivity index (χ4n) is 1.29. The quantitative estimate of drug-likeness (QED) is 0.816. The third-order valence-corrected chi connectivity index (χ3v) is 2.54. The van der Waals surface area contributed by atoms with Crippen molar-refractivity contribution in [3.05, 3.63) is 28.5 Å². The second kappa shape index (κ2) is 5.21. The van der Waals surface area contributed by atoms with Crippen molar-refractivity contribution in [3.8, 4) is 5.75 Å². The van der Waals surface area contributed by atoms with Crippen molar-refractivity contribution in [2.45, 2.75) is 26.8 Å². The van der Waals surface area contributed by atoms with Crippen LogP contribution in [0.4, 0.5) is 4.39 Å². The van der Waals surface area contributed by atoms with Crippen molar-refractivity contribution >= 4 is 24.0 Å². The molecule has 3 N–H and O–H groups in total. The Labute approximate surface area is 106 Å². The van der Waals surface area contributed by atoms with Crippen LogP contribution in [0.3, 0.4) is 0 Å². The van der Waals surface area contributed by atoms with Gasteiger partial charge in [-0.2, -0.15) is 0 Å². The molecule has 0 aliphatic rings. The van der Waals surface area contributed by atoms with E-state index in [1.165, 1.54) is 6.07 Å². The molecule has 16 heavy (non-hydrogen) atoms. The minimum atomic E-state index is -0.739. The van der Waals surface area contributed by atoms with E-state index in [4.69, 9.17) is 17.3 Å². The van der Waals surface area contributed by atoms with E-state index in [9.17, 15) is 9.50 Å². The zero-order chi connectivity index (χ0) is 11.8. The van der Waals surface area contributed by atoms with E-state index in [1.54, 1.807) is 0 Å². The highest BCUT2D eigenvalue weighted by Gasteiger charge is 2.26. The Hall–Kier alpha value is -0.510. The predicted octanol–water partition coefficient (Wildman–Crippen LogP) is 3.65. The first-order valence-electron chi connectivity index (χ1n) is 4.67. The molecule has 1 aromatic carbocycles. The molecule has 0 aliphatic carbocycles. The van der Waals surface area contributed by atoms with Crippen LogP contribution in [-0.4, -0.2) is 5.11 Å². The number of aromatic hydroxyl groups is 1. The van der Waals surface area contributed by atoms with Gasteiger partial charge in [0.1, 0.15) is 0 Å². The molecule has 0 spiro atoms. The average molecular weight is 268 g/mol. The van der Waals surface area contributed by atoms with Crippen molar-refractivity contribution < 1.29 is 9.50 Å². The van der Waals surface area contributed by atoms with Crippen molar-refractivity contribution in [2.24, 2.45) is 11.1 Å². The van der Waals surface area contributed by atoms with Crippen molar-refractivity contribution in [1.29, 1.82) is 0 Å². The fourth-order valence-corrected chi connectivity index (χ4v) is 1.50. The summed E-state index contributed by atoms with van der Waals surface area (Å²) < 4.78 is 13.2. The standard InChI is InChI=1S/C11H15ClFNO.ClH/c1-11(2,3)10(14)7-4-6(12)5-8(13)9(7)15;/h4-5,10,15H,14H2,1-3H3;1H/t10-;/m0./s1. The topological polar surface area (TPSA) is 46.2 Å². The van der Waals surface area contributed by atoms with E-state index in [0.29, 0.717) is 5.56 Å². The van der Waals surface area contributed by atoms with E-state index in [2.05, 4.69) is 0 Å². The van der Waals surface area contributed by atoms with Gasteiger partial charge < -0.3 is 10.8 Å². The Bertz CT molecular complexity index is 377. The SMILES string of the molecule is CC(C)(C)[C@@H](N)c1cc(Cl)cc(F)c1O.Cl. The summed E-state index contributed by atoms with van der Waals surface area (Å²) in [7, 11) is 0. The Morgan fingerprint density at radius 2 is 1.88 bits per heavy atom. The Morgan fingerprint density at radius 3 is 2.31 bits per heavy atom. The van der Waals surface area contributed by atoms with Gasteiger partial charge in [-0.15, -0.1) is 12.4 Å². The number of hydrogen-bond donors (Lipinski definition) is 2. The Kier molecular flexibility index (Phi) is 5.05. The molecule has 0 fully saturated rings. The predicted molar refractivity (Wildman–Crippen MR) is 66.7 cm³/mol. The van der Waals surface area contributed by atoms with Gasteiger partial charge in [-0.25, -0.2) is 4.39 Å². The van der Waals surface area contributed by atoms with Crippen LogP contribution in [0.25, 0.3) is 0 Å². The summed E-state index contributed by atoms with van der Waals surface area (Å²) in [6, 6.07) is 2.09. The molecule has 1 rings (SSSR count). The highest BCUT2D eigenvalue weighted by molar-refractivity contribution is 6.30. The number of benzene rings is 1. The molecule has 0 aliphatic heterocycles. The Balaban J connectivity index is 0.00000225. The lowest BCUT2D eigenvalue weighted by molar-refractivity contribution is 0.314. The molecular formula is C11H16Cl2FNO. The maximum absolute atomic E-state index is 13.2. The van der Waals surface area contributed by atoms with Gasteiger partial charge in [0.2, 0.25) is 0 Å². The third-order valence-electron chi connectivity index (χ3n) is 2.33. The minimum absolute atomic E-state index is 0. The summed E-state index contributed by atoms with van der Waals surface area (Å²) in [6.07, 6.45) is 0. The summed E-state index contributed by atoms with van der Waals surface area (Å²) in [5.74, 6) is -1.15. The number of hydrogen-bond acceptors (Lipinski definition) is 2. The lowest BCUT2D eigenvalue weighted by Gasteiger charge is -2.28. The van der Waals surface area contributed by atoms with Crippen LogP contribution < -0.4 is 5.73 Å².